The Morgan fingerprint density at radius 2 is 1.78 bits per heavy atom. The van der Waals surface area contributed by atoms with E-state index in [0.717, 1.165) is 22.4 Å². The number of imide groups is 1. The van der Waals surface area contributed by atoms with Crippen LogP contribution in [0.1, 0.15) is 11.1 Å². The molecule has 27 heavy (non-hydrogen) atoms. The topological polar surface area (TPSA) is 68.2 Å². The molecule has 3 heterocycles. The molecule has 2 atom stereocenters. The fourth-order valence-electron chi connectivity index (χ4n) is 3.68. The van der Waals surface area contributed by atoms with Gasteiger partial charge in [-0.3, -0.25) is 14.5 Å². The number of fused-ring (bicyclic) bond motifs is 2. The van der Waals surface area contributed by atoms with Crippen molar-refractivity contribution in [2.75, 3.05) is 6.61 Å². The van der Waals surface area contributed by atoms with E-state index in [0.29, 0.717) is 12.3 Å². The van der Waals surface area contributed by atoms with E-state index >= 15 is 0 Å². The van der Waals surface area contributed by atoms with Gasteiger partial charge in [-0.15, -0.1) is 0 Å². The molecule has 3 aliphatic rings. The Bertz CT molecular complexity index is 996. The highest BCUT2D eigenvalue weighted by atomic mass is 16.7. The van der Waals surface area contributed by atoms with Gasteiger partial charge < -0.3 is 9.57 Å². The Hall–Kier alpha value is -3.41. The van der Waals surface area contributed by atoms with Crippen molar-refractivity contribution >= 4 is 23.6 Å². The second-order valence-electron chi connectivity index (χ2n) is 6.72. The fraction of sp³-hybridized carbons (Fsp3) is 0.190. The van der Waals surface area contributed by atoms with Crippen molar-refractivity contribution in [3.05, 3.63) is 71.3 Å². The van der Waals surface area contributed by atoms with E-state index < -0.39 is 12.0 Å². The molecule has 0 spiro atoms. The number of oxime groups is 1. The van der Waals surface area contributed by atoms with Crippen molar-refractivity contribution in [3.63, 3.8) is 0 Å². The molecule has 2 aromatic rings. The van der Waals surface area contributed by atoms with Gasteiger partial charge in [-0.25, -0.2) is 0 Å². The number of benzene rings is 2. The molecule has 0 N–H and O–H groups in total. The molecule has 2 aromatic carbocycles. The first-order chi connectivity index (χ1) is 13.2. The number of hydrogen-bond acceptors (Lipinski definition) is 5. The Morgan fingerprint density at radius 1 is 1.00 bits per heavy atom. The van der Waals surface area contributed by atoms with Crippen LogP contribution < -0.4 is 4.74 Å². The monoisotopic (exact) mass is 360 g/mol. The molecule has 2 amide bonds. The van der Waals surface area contributed by atoms with Crippen LogP contribution in [0.15, 0.2) is 65.3 Å². The average molecular weight is 360 g/mol. The second kappa shape index (κ2) is 6.09. The molecule has 5 rings (SSSR count). The molecular formula is C21H16N2O4. The Kier molecular flexibility index (Phi) is 3.57. The first-order valence-electron chi connectivity index (χ1n) is 8.78. The molecular weight excluding hydrogens is 344 g/mol. The summed E-state index contributed by atoms with van der Waals surface area (Å²) in [4.78, 5) is 32.3. The summed E-state index contributed by atoms with van der Waals surface area (Å²) < 4.78 is 5.77. The smallest absolute Gasteiger partial charge is 0.274 e. The number of ether oxygens (including phenoxy) is 1. The number of amides is 2. The molecule has 6 heteroatoms. The van der Waals surface area contributed by atoms with Crippen LogP contribution in [0.25, 0.3) is 6.08 Å². The largest absolute Gasteiger partial charge is 0.488 e. The lowest BCUT2D eigenvalue weighted by atomic mass is 9.92. The predicted molar refractivity (Wildman–Crippen MR) is 97.7 cm³/mol. The van der Waals surface area contributed by atoms with E-state index in [-0.39, 0.29) is 18.4 Å². The van der Waals surface area contributed by atoms with E-state index in [1.54, 1.807) is 0 Å². The average Bonchev–Trinajstić information content (AvgIpc) is 3.25. The third-order valence-electron chi connectivity index (χ3n) is 5.05. The second-order valence-corrected chi connectivity index (χ2v) is 6.72. The number of carbonyl (C=O) groups excluding carboxylic acids is 2. The van der Waals surface area contributed by atoms with Gasteiger partial charge in [0.15, 0.2) is 0 Å². The number of hydrogen-bond donors (Lipinski definition) is 0. The minimum Gasteiger partial charge on any atom is -0.488 e. The predicted octanol–water partition coefficient (Wildman–Crippen LogP) is 2.40. The molecule has 3 aliphatic heterocycles. The van der Waals surface area contributed by atoms with E-state index in [2.05, 4.69) is 5.16 Å². The van der Waals surface area contributed by atoms with Crippen molar-refractivity contribution in [3.8, 4) is 5.75 Å². The number of para-hydroxylation sites is 1. The molecule has 1 fully saturated rings. The number of carbonyl (C=O) groups is 2. The summed E-state index contributed by atoms with van der Waals surface area (Å²) in [6, 6.07) is 17.1. The van der Waals surface area contributed by atoms with Gasteiger partial charge in [0, 0.05) is 11.1 Å². The Balaban J connectivity index is 1.43. The van der Waals surface area contributed by atoms with Crippen LogP contribution in [0.3, 0.4) is 0 Å². The molecule has 6 nitrogen and oxygen atoms in total. The summed E-state index contributed by atoms with van der Waals surface area (Å²) in [6.07, 6.45) is 1.07. The number of likely N-dealkylation sites (tertiary alicyclic amines) is 1. The highest BCUT2D eigenvalue weighted by Gasteiger charge is 2.56. The Labute approximate surface area is 155 Å². The highest BCUT2D eigenvalue weighted by molar-refractivity contribution is 6.24. The molecule has 0 bridgehead atoms. The van der Waals surface area contributed by atoms with E-state index in [1.165, 1.54) is 4.90 Å². The standard InChI is InChI=1S/C21H16N2O4/c24-20-17-18(15-10-14-8-4-5-9-16(14)26-12-15)22-27-19(17)21(25)23(20)11-13-6-2-1-3-7-13/h1-10,17,19H,11-12H2. The quantitative estimate of drug-likeness (QED) is 0.789. The summed E-state index contributed by atoms with van der Waals surface area (Å²) in [5.41, 5.74) is 3.07. The zero-order valence-electron chi connectivity index (χ0n) is 14.4. The van der Waals surface area contributed by atoms with E-state index in [1.807, 2.05) is 60.7 Å². The van der Waals surface area contributed by atoms with Crippen LogP contribution in [-0.2, 0) is 21.0 Å². The van der Waals surface area contributed by atoms with Gasteiger partial charge in [0.25, 0.3) is 5.91 Å². The van der Waals surface area contributed by atoms with Crippen LogP contribution in [-0.4, -0.2) is 35.1 Å². The van der Waals surface area contributed by atoms with E-state index in [9.17, 15) is 9.59 Å². The summed E-state index contributed by atoms with van der Waals surface area (Å²) in [5, 5.41) is 4.06. The third kappa shape index (κ3) is 2.52. The lowest BCUT2D eigenvalue weighted by Crippen LogP contribution is -2.33. The van der Waals surface area contributed by atoms with E-state index in [4.69, 9.17) is 9.57 Å². The first-order valence-corrected chi connectivity index (χ1v) is 8.78. The highest BCUT2D eigenvalue weighted by Crippen LogP contribution is 2.35. The van der Waals surface area contributed by atoms with Gasteiger partial charge in [-0.05, 0) is 17.7 Å². The number of rotatable bonds is 3. The molecule has 1 saturated heterocycles. The number of nitrogens with zero attached hydrogens (tertiary/aromatic N) is 2. The minimum absolute atomic E-state index is 0.237. The molecule has 0 aromatic heterocycles. The normalized spacial score (nSPS) is 23.2. The first kappa shape index (κ1) is 15.8. The van der Waals surface area contributed by atoms with Crippen molar-refractivity contribution in [2.45, 2.75) is 12.6 Å². The van der Waals surface area contributed by atoms with Crippen LogP contribution in [0.5, 0.6) is 5.75 Å². The van der Waals surface area contributed by atoms with Crippen molar-refractivity contribution < 1.29 is 19.2 Å². The summed E-state index contributed by atoms with van der Waals surface area (Å²) >= 11 is 0. The molecule has 0 aliphatic carbocycles. The fourth-order valence-corrected chi connectivity index (χ4v) is 3.68. The minimum atomic E-state index is -0.880. The van der Waals surface area contributed by atoms with Crippen molar-refractivity contribution in [2.24, 2.45) is 11.1 Å². The van der Waals surface area contributed by atoms with Gasteiger partial charge in [-0.1, -0.05) is 53.7 Å². The van der Waals surface area contributed by atoms with Gasteiger partial charge in [0.1, 0.15) is 24.0 Å². The zero-order valence-corrected chi connectivity index (χ0v) is 14.4. The van der Waals surface area contributed by atoms with Gasteiger partial charge in [-0.2, -0.15) is 0 Å². The Morgan fingerprint density at radius 3 is 2.63 bits per heavy atom. The summed E-state index contributed by atoms with van der Waals surface area (Å²) in [5.74, 6) is -0.534. The van der Waals surface area contributed by atoms with Crippen molar-refractivity contribution in [1.29, 1.82) is 0 Å². The van der Waals surface area contributed by atoms with Gasteiger partial charge in [0.2, 0.25) is 12.0 Å². The maximum absolute atomic E-state index is 13.0. The molecule has 0 saturated carbocycles. The summed E-state index contributed by atoms with van der Waals surface area (Å²) in [7, 11) is 0. The SMILES string of the molecule is O=C1C2ON=C(C3=Cc4ccccc4OC3)C2C(=O)N1Cc1ccccc1. The van der Waals surface area contributed by atoms with Gasteiger partial charge >= 0.3 is 0 Å². The summed E-state index contributed by atoms with van der Waals surface area (Å²) in [6.45, 7) is 0.531. The molecule has 2 unspecified atom stereocenters. The maximum Gasteiger partial charge on any atom is 0.274 e. The lowest BCUT2D eigenvalue weighted by molar-refractivity contribution is -0.142. The molecule has 0 radical (unpaired) electrons. The van der Waals surface area contributed by atoms with Crippen molar-refractivity contribution in [1.82, 2.24) is 4.90 Å². The lowest BCUT2D eigenvalue weighted by Gasteiger charge is -2.19. The van der Waals surface area contributed by atoms with Crippen LogP contribution in [0.2, 0.25) is 0 Å². The van der Waals surface area contributed by atoms with Crippen LogP contribution in [0, 0.1) is 5.92 Å². The maximum atomic E-state index is 13.0. The third-order valence-corrected chi connectivity index (χ3v) is 5.05. The van der Waals surface area contributed by atoms with Crippen LogP contribution >= 0.6 is 0 Å². The van der Waals surface area contributed by atoms with Crippen LogP contribution in [0.4, 0.5) is 0 Å². The molecule has 134 valence electrons. The zero-order chi connectivity index (χ0) is 18.4. The van der Waals surface area contributed by atoms with Gasteiger partial charge in [0.05, 0.1) is 6.54 Å².